The van der Waals surface area contributed by atoms with Crippen molar-refractivity contribution < 1.29 is 4.42 Å². The fraction of sp³-hybridized carbons (Fsp3) is 0.500. The second-order valence-electron chi connectivity index (χ2n) is 4.40. The van der Waals surface area contributed by atoms with Crippen molar-refractivity contribution in [2.45, 2.75) is 40.3 Å². The third kappa shape index (κ3) is 2.48. The van der Waals surface area contributed by atoms with Gasteiger partial charge in [0.15, 0.2) is 0 Å². The molecule has 0 spiro atoms. The monoisotopic (exact) mass is 247 g/mol. The zero-order valence-electron chi connectivity index (χ0n) is 11.4. The van der Waals surface area contributed by atoms with Gasteiger partial charge in [-0.2, -0.15) is 5.10 Å². The maximum absolute atomic E-state index is 5.55. The van der Waals surface area contributed by atoms with Crippen LogP contribution in [-0.2, 0) is 13.1 Å². The zero-order valence-corrected chi connectivity index (χ0v) is 11.4. The highest BCUT2D eigenvalue weighted by molar-refractivity contribution is 5.67. The summed E-state index contributed by atoms with van der Waals surface area (Å²) in [7, 11) is 0. The van der Waals surface area contributed by atoms with Crippen LogP contribution in [0.4, 0.5) is 0 Å². The highest BCUT2D eigenvalue weighted by Gasteiger charge is 2.14. The third-order valence-corrected chi connectivity index (χ3v) is 3.11. The highest BCUT2D eigenvalue weighted by atomic mass is 16.3. The number of aromatic nitrogens is 2. The molecule has 0 fully saturated rings. The molecule has 1 N–H and O–H groups in total. The topological polar surface area (TPSA) is 43.0 Å². The molecular formula is C14H21N3O. The van der Waals surface area contributed by atoms with Crippen LogP contribution in [0.3, 0.4) is 0 Å². The average molecular weight is 247 g/mol. The van der Waals surface area contributed by atoms with E-state index < -0.39 is 0 Å². The summed E-state index contributed by atoms with van der Waals surface area (Å²) in [4.78, 5) is 0. The minimum atomic E-state index is 0.761. The third-order valence-electron chi connectivity index (χ3n) is 3.11. The summed E-state index contributed by atoms with van der Waals surface area (Å²) in [6, 6.07) is 2.02. The lowest BCUT2D eigenvalue weighted by Gasteiger charge is -2.05. The first kappa shape index (κ1) is 12.9. The SMILES string of the molecule is CCCn1ncc(-c2ccoc2CNCC)c1C. The van der Waals surface area contributed by atoms with Crippen molar-refractivity contribution in [3.05, 3.63) is 30.0 Å². The molecule has 18 heavy (non-hydrogen) atoms. The number of hydrogen-bond acceptors (Lipinski definition) is 3. The summed E-state index contributed by atoms with van der Waals surface area (Å²) in [5.74, 6) is 0.982. The Kier molecular flexibility index (Phi) is 4.20. The molecule has 2 aromatic rings. The van der Waals surface area contributed by atoms with Gasteiger partial charge in [-0.05, 0) is 26.0 Å². The first-order chi connectivity index (χ1) is 8.77. The van der Waals surface area contributed by atoms with Crippen molar-refractivity contribution in [1.82, 2.24) is 15.1 Å². The molecule has 2 rings (SSSR count). The second kappa shape index (κ2) is 5.87. The van der Waals surface area contributed by atoms with Gasteiger partial charge in [0.05, 0.1) is 19.0 Å². The lowest BCUT2D eigenvalue weighted by Crippen LogP contribution is -2.11. The molecule has 0 aliphatic heterocycles. The number of hydrogen-bond donors (Lipinski definition) is 1. The van der Waals surface area contributed by atoms with Crippen molar-refractivity contribution in [3.63, 3.8) is 0 Å². The molecule has 0 aromatic carbocycles. The van der Waals surface area contributed by atoms with Gasteiger partial charge >= 0.3 is 0 Å². The molecule has 4 nitrogen and oxygen atoms in total. The molecule has 0 aliphatic rings. The summed E-state index contributed by atoms with van der Waals surface area (Å²) in [6.07, 6.45) is 4.78. The van der Waals surface area contributed by atoms with Gasteiger partial charge in [-0.3, -0.25) is 4.68 Å². The van der Waals surface area contributed by atoms with E-state index in [0.717, 1.165) is 37.4 Å². The fourth-order valence-electron chi connectivity index (χ4n) is 2.10. The largest absolute Gasteiger partial charge is 0.467 e. The van der Waals surface area contributed by atoms with E-state index in [-0.39, 0.29) is 0 Å². The number of furan rings is 1. The molecule has 2 heterocycles. The van der Waals surface area contributed by atoms with Gasteiger partial charge in [0.1, 0.15) is 5.76 Å². The maximum Gasteiger partial charge on any atom is 0.125 e. The van der Waals surface area contributed by atoms with Gasteiger partial charge in [-0.25, -0.2) is 0 Å². The summed E-state index contributed by atoms with van der Waals surface area (Å²) >= 11 is 0. The summed E-state index contributed by atoms with van der Waals surface area (Å²) in [5, 5.41) is 7.73. The Bertz CT molecular complexity index is 499. The van der Waals surface area contributed by atoms with E-state index in [1.165, 1.54) is 11.3 Å². The Morgan fingerprint density at radius 1 is 1.33 bits per heavy atom. The first-order valence-corrected chi connectivity index (χ1v) is 6.57. The van der Waals surface area contributed by atoms with E-state index in [1.54, 1.807) is 6.26 Å². The summed E-state index contributed by atoms with van der Waals surface area (Å²) in [5.41, 5.74) is 3.52. The van der Waals surface area contributed by atoms with Crippen LogP contribution >= 0.6 is 0 Å². The van der Waals surface area contributed by atoms with E-state index in [0.29, 0.717) is 0 Å². The lowest BCUT2D eigenvalue weighted by atomic mass is 10.1. The van der Waals surface area contributed by atoms with Crippen LogP contribution in [-0.4, -0.2) is 16.3 Å². The van der Waals surface area contributed by atoms with Crippen molar-refractivity contribution in [3.8, 4) is 11.1 Å². The van der Waals surface area contributed by atoms with Crippen LogP contribution in [0.2, 0.25) is 0 Å². The highest BCUT2D eigenvalue weighted by Crippen LogP contribution is 2.27. The Hall–Kier alpha value is -1.55. The maximum atomic E-state index is 5.55. The van der Waals surface area contributed by atoms with E-state index >= 15 is 0 Å². The summed E-state index contributed by atoms with van der Waals surface area (Å²) in [6.45, 7) is 9.03. The van der Waals surface area contributed by atoms with Crippen molar-refractivity contribution >= 4 is 0 Å². The molecule has 0 saturated heterocycles. The number of aryl methyl sites for hydroxylation is 1. The number of nitrogens with zero attached hydrogens (tertiary/aromatic N) is 2. The van der Waals surface area contributed by atoms with Crippen LogP contribution in [0, 0.1) is 6.92 Å². The van der Waals surface area contributed by atoms with Crippen LogP contribution in [0.15, 0.2) is 22.9 Å². The smallest absolute Gasteiger partial charge is 0.125 e. The van der Waals surface area contributed by atoms with E-state index in [2.05, 4.69) is 35.9 Å². The van der Waals surface area contributed by atoms with Crippen LogP contribution in [0.25, 0.3) is 11.1 Å². The van der Waals surface area contributed by atoms with Gasteiger partial charge in [0.25, 0.3) is 0 Å². The van der Waals surface area contributed by atoms with E-state index in [1.807, 2.05) is 12.3 Å². The molecule has 0 radical (unpaired) electrons. The molecule has 2 aromatic heterocycles. The standard InChI is InChI=1S/C14H21N3O/c1-4-7-17-11(3)13(9-16-17)12-6-8-18-14(12)10-15-5-2/h6,8-9,15H,4-5,7,10H2,1-3H3. The van der Waals surface area contributed by atoms with Gasteiger partial charge in [-0.15, -0.1) is 0 Å². The molecule has 0 aliphatic carbocycles. The summed E-state index contributed by atoms with van der Waals surface area (Å²) < 4.78 is 7.60. The van der Waals surface area contributed by atoms with E-state index in [4.69, 9.17) is 4.42 Å². The Labute approximate surface area is 108 Å². The Morgan fingerprint density at radius 2 is 2.17 bits per heavy atom. The van der Waals surface area contributed by atoms with Crippen molar-refractivity contribution in [1.29, 1.82) is 0 Å². The zero-order chi connectivity index (χ0) is 13.0. The van der Waals surface area contributed by atoms with Gasteiger partial charge in [0.2, 0.25) is 0 Å². The molecular weight excluding hydrogens is 226 g/mol. The normalized spacial score (nSPS) is 11.1. The number of nitrogens with one attached hydrogen (secondary N) is 1. The molecule has 0 saturated carbocycles. The Morgan fingerprint density at radius 3 is 2.89 bits per heavy atom. The van der Waals surface area contributed by atoms with Crippen LogP contribution in [0.5, 0.6) is 0 Å². The van der Waals surface area contributed by atoms with Gasteiger partial charge < -0.3 is 9.73 Å². The predicted molar refractivity (Wildman–Crippen MR) is 72.3 cm³/mol. The molecule has 0 atom stereocenters. The van der Waals surface area contributed by atoms with Crippen LogP contribution < -0.4 is 5.32 Å². The van der Waals surface area contributed by atoms with E-state index in [9.17, 15) is 0 Å². The second-order valence-corrected chi connectivity index (χ2v) is 4.40. The average Bonchev–Trinajstić information content (AvgIpc) is 2.95. The fourth-order valence-corrected chi connectivity index (χ4v) is 2.10. The quantitative estimate of drug-likeness (QED) is 0.853. The molecule has 98 valence electrons. The molecule has 0 bridgehead atoms. The first-order valence-electron chi connectivity index (χ1n) is 6.57. The number of rotatable bonds is 6. The molecule has 4 heteroatoms. The molecule has 0 unspecified atom stereocenters. The van der Waals surface area contributed by atoms with Crippen molar-refractivity contribution in [2.24, 2.45) is 0 Å². The lowest BCUT2D eigenvalue weighted by molar-refractivity contribution is 0.489. The Balaban J connectivity index is 2.28. The predicted octanol–water partition coefficient (Wildman–Crippen LogP) is 2.97. The van der Waals surface area contributed by atoms with Gasteiger partial charge in [0, 0.05) is 23.4 Å². The van der Waals surface area contributed by atoms with Crippen molar-refractivity contribution in [2.75, 3.05) is 6.54 Å². The van der Waals surface area contributed by atoms with Crippen LogP contribution in [0.1, 0.15) is 31.7 Å². The minimum Gasteiger partial charge on any atom is -0.467 e. The molecule has 0 amide bonds. The van der Waals surface area contributed by atoms with Gasteiger partial charge in [-0.1, -0.05) is 13.8 Å². The minimum absolute atomic E-state index is 0.761.